The Bertz CT molecular complexity index is 4110. The zero-order valence-corrected chi connectivity index (χ0v) is 37.9. The van der Waals surface area contributed by atoms with Gasteiger partial charge in [0.25, 0.3) is 0 Å². The number of rotatable bonds is 6. The number of hydrogen-bond donors (Lipinski definition) is 0. The number of hydrogen-bond acceptors (Lipinski definition) is 2. The second kappa shape index (κ2) is 14.4. The average Bonchev–Trinajstić information content (AvgIpc) is 4.09. The first-order chi connectivity index (χ1) is 33.0. The van der Waals surface area contributed by atoms with Crippen molar-refractivity contribution in [3.05, 3.63) is 236 Å². The summed E-state index contributed by atoms with van der Waals surface area (Å²) in [7, 11) is 0. The van der Waals surface area contributed by atoms with Crippen molar-refractivity contribution in [1.82, 2.24) is 9.13 Å². The van der Waals surface area contributed by atoms with Gasteiger partial charge in [0.2, 0.25) is 0 Å². The molecule has 3 heterocycles. The third-order valence-electron chi connectivity index (χ3n) is 14.5. The third-order valence-corrected chi connectivity index (χ3v) is 15.7. The number of benzene rings is 10. The summed E-state index contributed by atoms with van der Waals surface area (Å²) in [5.74, 6) is 0. The van der Waals surface area contributed by atoms with Gasteiger partial charge in [-0.2, -0.15) is 0 Å². The molecule has 0 saturated heterocycles. The molecule has 0 aliphatic heterocycles. The predicted molar refractivity (Wildman–Crippen MR) is 286 cm³/mol. The lowest BCUT2D eigenvalue weighted by Gasteiger charge is -2.26. The Labute approximate surface area is 392 Å². The van der Waals surface area contributed by atoms with Crippen molar-refractivity contribution in [2.75, 3.05) is 4.90 Å². The lowest BCUT2D eigenvalue weighted by Crippen LogP contribution is -2.14. The van der Waals surface area contributed by atoms with Gasteiger partial charge in [-0.25, -0.2) is 0 Å². The zero-order valence-electron chi connectivity index (χ0n) is 37.1. The van der Waals surface area contributed by atoms with Crippen molar-refractivity contribution in [2.45, 2.75) is 19.3 Å². The van der Waals surface area contributed by atoms with Crippen molar-refractivity contribution in [2.24, 2.45) is 0 Å². The molecule has 316 valence electrons. The van der Waals surface area contributed by atoms with E-state index in [-0.39, 0.29) is 5.41 Å². The Morgan fingerprint density at radius 1 is 0.358 bits per heavy atom. The smallest absolute Gasteiger partial charge is 0.0547 e. The molecule has 1 aliphatic carbocycles. The van der Waals surface area contributed by atoms with E-state index in [4.69, 9.17) is 0 Å². The van der Waals surface area contributed by atoms with Crippen LogP contribution >= 0.6 is 11.3 Å². The van der Waals surface area contributed by atoms with Gasteiger partial charge in [0.15, 0.2) is 0 Å². The highest BCUT2D eigenvalue weighted by atomic mass is 32.1. The van der Waals surface area contributed by atoms with E-state index in [0.717, 1.165) is 28.4 Å². The van der Waals surface area contributed by atoms with Gasteiger partial charge in [-0.1, -0.05) is 141 Å². The minimum Gasteiger partial charge on any atom is -0.310 e. The molecule has 0 saturated carbocycles. The number of thiophene rings is 1. The van der Waals surface area contributed by atoms with Crippen LogP contribution in [-0.2, 0) is 5.41 Å². The third kappa shape index (κ3) is 5.63. The van der Waals surface area contributed by atoms with Gasteiger partial charge in [0.1, 0.15) is 0 Å². The van der Waals surface area contributed by atoms with Gasteiger partial charge in [0.05, 0.1) is 22.1 Å². The van der Waals surface area contributed by atoms with E-state index in [9.17, 15) is 0 Å². The summed E-state index contributed by atoms with van der Waals surface area (Å²) >= 11 is 1.88. The quantitative estimate of drug-likeness (QED) is 0.162. The van der Waals surface area contributed by atoms with Gasteiger partial charge in [0, 0.05) is 75.6 Å². The maximum absolute atomic E-state index is 2.49. The highest BCUT2D eigenvalue weighted by molar-refractivity contribution is 7.26. The molecule has 0 N–H and O–H groups in total. The van der Waals surface area contributed by atoms with Crippen LogP contribution in [0.5, 0.6) is 0 Å². The number of nitrogens with zero attached hydrogens (tertiary/aromatic N) is 3. The topological polar surface area (TPSA) is 13.1 Å². The highest BCUT2D eigenvalue weighted by Gasteiger charge is 2.36. The standard InChI is InChI=1S/C63H43N3S/c1-63(2)55-25-12-9-20-47(55)51-39-60-54(38-56(51)63)53-37-45(33-35-59(53)66(60)42-18-7-4-8-19-42)64(43-30-28-40(29-31-43)46-23-15-24-50-49-22-11-14-27-61(49)67-62(46)50)44-32-34-58-52(36-44)48-21-10-13-26-57(48)65(58)41-16-5-3-6-17-41/h3-39H,1-2H3. The van der Waals surface area contributed by atoms with Crippen LogP contribution in [0.1, 0.15) is 25.0 Å². The Balaban J connectivity index is 1.00. The number of fused-ring (bicyclic) bond motifs is 12. The molecule has 0 radical (unpaired) electrons. The van der Waals surface area contributed by atoms with E-state index in [1.54, 1.807) is 0 Å². The van der Waals surface area contributed by atoms with E-state index in [1.807, 2.05) is 11.3 Å². The minimum absolute atomic E-state index is 0.124. The molecular formula is C63H43N3S. The fourth-order valence-corrected chi connectivity index (χ4v) is 12.6. The Morgan fingerprint density at radius 3 is 1.63 bits per heavy atom. The van der Waals surface area contributed by atoms with E-state index in [0.29, 0.717) is 0 Å². The summed E-state index contributed by atoms with van der Waals surface area (Å²) < 4.78 is 7.50. The second-order valence-electron chi connectivity index (χ2n) is 18.5. The SMILES string of the molecule is CC1(C)c2ccccc2-c2cc3c(cc21)c1cc(N(c2ccc(-c4cccc5c4sc4ccccc45)cc2)c2ccc4c(c2)c2ccccc2n4-c2ccccc2)ccc1n3-c1ccccc1. The van der Waals surface area contributed by atoms with Crippen LogP contribution in [0.2, 0.25) is 0 Å². The maximum Gasteiger partial charge on any atom is 0.0547 e. The fraction of sp³-hybridized carbons (Fsp3) is 0.0476. The average molecular weight is 874 g/mol. The summed E-state index contributed by atoms with van der Waals surface area (Å²) in [4.78, 5) is 2.45. The summed E-state index contributed by atoms with van der Waals surface area (Å²) in [6, 6.07) is 83.1. The van der Waals surface area contributed by atoms with E-state index < -0.39 is 0 Å². The van der Waals surface area contributed by atoms with Crippen LogP contribution in [0.4, 0.5) is 17.1 Å². The van der Waals surface area contributed by atoms with Gasteiger partial charge in [-0.15, -0.1) is 11.3 Å². The van der Waals surface area contributed by atoms with Gasteiger partial charge in [-0.05, 0) is 130 Å². The van der Waals surface area contributed by atoms with Gasteiger partial charge >= 0.3 is 0 Å². The number of anilines is 3. The molecule has 0 amide bonds. The Hall–Kier alpha value is -8.18. The number of aromatic nitrogens is 2. The van der Waals surface area contributed by atoms with Crippen LogP contribution < -0.4 is 4.90 Å². The van der Waals surface area contributed by atoms with Crippen LogP contribution in [-0.4, -0.2) is 9.13 Å². The monoisotopic (exact) mass is 873 g/mol. The van der Waals surface area contributed by atoms with Crippen molar-refractivity contribution < 1.29 is 0 Å². The molecule has 1 aliphatic rings. The number of para-hydroxylation sites is 3. The van der Waals surface area contributed by atoms with Gasteiger partial charge < -0.3 is 14.0 Å². The molecule has 0 atom stereocenters. The molecule has 0 unspecified atom stereocenters. The van der Waals surface area contributed by atoms with Crippen LogP contribution in [0, 0.1) is 0 Å². The molecule has 0 fully saturated rings. The molecule has 13 aromatic rings. The maximum atomic E-state index is 2.49. The van der Waals surface area contributed by atoms with Crippen molar-refractivity contribution in [1.29, 1.82) is 0 Å². The van der Waals surface area contributed by atoms with Crippen LogP contribution in [0.25, 0.3) is 97.4 Å². The lowest BCUT2D eigenvalue weighted by molar-refractivity contribution is 0.661. The van der Waals surface area contributed by atoms with Crippen molar-refractivity contribution >= 4 is 92.2 Å². The molecular weight excluding hydrogens is 831 g/mol. The zero-order chi connectivity index (χ0) is 44.4. The fourth-order valence-electron chi connectivity index (χ4n) is 11.4. The first-order valence-electron chi connectivity index (χ1n) is 23.2. The Morgan fingerprint density at radius 2 is 0.896 bits per heavy atom. The second-order valence-corrected chi connectivity index (χ2v) is 19.6. The molecule has 0 bridgehead atoms. The van der Waals surface area contributed by atoms with Crippen LogP contribution in [0.3, 0.4) is 0 Å². The largest absolute Gasteiger partial charge is 0.310 e. The highest BCUT2D eigenvalue weighted by Crippen LogP contribution is 2.52. The predicted octanol–water partition coefficient (Wildman–Crippen LogP) is 17.7. The molecule has 4 heteroatoms. The molecule has 0 spiro atoms. The lowest BCUT2D eigenvalue weighted by atomic mass is 9.82. The summed E-state index contributed by atoms with van der Waals surface area (Å²) in [5.41, 5.74) is 18.2. The summed E-state index contributed by atoms with van der Waals surface area (Å²) in [5, 5.41) is 7.56. The van der Waals surface area contributed by atoms with E-state index >= 15 is 0 Å². The first-order valence-corrected chi connectivity index (χ1v) is 24.0. The molecule has 3 nitrogen and oxygen atoms in total. The normalized spacial score (nSPS) is 13.0. The van der Waals surface area contributed by atoms with Gasteiger partial charge in [-0.3, -0.25) is 0 Å². The molecule has 67 heavy (non-hydrogen) atoms. The van der Waals surface area contributed by atoms with Crippen molar-refractivity contribution in [3.8, 4) is 33.6 Å². The first kappa shape index (κ1) is 38.1. The summed E-state index contributed by atoms with van der Waals surface area (Å²) in [6.07, 6.45) is 0. The molecule has 10 aromatic carbocycles. The van der Waals surface area contributed by atoms with Crippen LogP contribution in [0.15, 0.2) is 224 Å². The summed E-state index contributed by atoms with van der Waals surface area (Å²) in [6.45, 7) is 4.76. The minimum atomic E-state index is -0.124. The van der Waals surface area contributed by atoms with E-state index in [2.05, 4.69) is 252 Å². The molecule has 3 aromatic heterocycles. The molecule has 14 rings (SSSR count). The Kier molecular flexibility index (Phi) is 8.20. The van der Waals surface area contributed by atoms with E-state index in [1.165, 1.54) is 97.2 Å². The van der Waals surface area contributed by atoms with Crippen molar-refractivity contribution in [3.63, 3.8) is 0 Å².